The van der Waals surface area contributed by atoms with Crippen LogP contribution in [0, 0.1) is 0 Å². The molecule has 45 heavy (non-hydrogen) atoms. The van der Waals surface area contributed by atoms with Crippen LogP contribution < -0.4 is 17.0 Å². The molecule has 5 unspecified atom stereocenters. The van der Waals surface area contributed by atoms with Crippen LogP contribution in [0.5, 0.6) is 0 Å². The summed E-state index contributed by atoms with van der Waals surface area (Å²) in [4.78, 5) is 55.7. The van der Waals surface area contributed by atoms with Crippen molar-refractivity contribution in [3.05, 3.63) is 29.3 Å². The summed E-state index contributed by atoms with van der Waals surface area (Å²) in [6.07, 6.45) is -7.22. The summed E-state index contributed by atoms with van der Waals surface area (Å²) in [5, 5.41) is 0. The molecule has 0 bridgehead atoms. The summed E-state index contributed by atoms with van der Waals surface area (Å²) in [7, 11) is -9.56. The van der Waals surface area contributed by atoms with Crippen LogP contribution in [0.3, 0.4) is 0 Å². The average molecular weight is 674 g/mol. The van der Waals surface area contributed by atoms with Gasteiger partial charge in [-0.2, -0.15) is 4.98 Å². The highest BCUT2D eigenvalue weighted by atomic mass is 31.2. The highest BCUT2D eigenvalue weighted by Gasteiger charge is 2.52. The minimum atomic E-state index is -5.04. The number of nitrogens with zero attached hydrogens (tertiary/aromatic N) is 7. The van der Waals surface area contributed by atoms with Gasteiger partial charge in [-0.1, -0.05) is 0 Å². The molecule has 0 spiro atoms. The van der Waals surface area contributed by atoms with Gasteiger partial charge in [0.25, 0.3) is 5.56 Å². The number of nitrogen functional groups attached to an aromatic ring is 2. The van der Waals surface area contributed by atoms with Crippen LogP contribution in [0.1, 0.15) is 18.9 Å². The van der Waals surface area contributed by atoms with Crippen molar-refractivity contribution in [2.24, 2.45) is 0 Å². The predicted molar refractivity (Wildman–Crippen MR) is 146 cm³/mol. The number of nitrogens with two attached hydrogens (primary N) is 2. The Morgan fingerprint density at radius 1 is 0.956 bits per heavy atom. The number of aromatic nitrogens is 8. The van der Waals surface area contributed by atoms with Gasteiger partial charge in [0.2, 0.25) is 5.95 Å². The molecule has 242 valence electrons. The molecule has 3 saturated heterocycles. The molecule has 21 nitrogen and oxygen atoms in total. The molecule has 3 aliphatic heterocycles. The van der Waals surface area contributed by atoms with Gasteiger partial charge in [0.15, 0.2) is 35.0 Å². The standard InChI is InChI=1S/C21H25FN10O11P2/c22-12-15-10(42-20(12)32-6-27-13-16(23)25-4-26-17(13)32)3-39-44(34,35)7-38-8-1-11(41-9(8)2-40-45(36,37)43-15)31-5-28-14-18(31)29-21(24)30-19(14)33/h4-6,8-12,15,20H,1-3,7H2,(H,34,35)(H,36,37)(H2,23,25,26)(H3,24,29,30,33)/t8?,9-,10-,11-,12?,15?,20-/m1/s1. The zero-order valence-electron chi connectivity index (χ0n) is 22.7. The molecule has 4 aromatic heterocycles. The van der Waals surface area contributed by atoms with E-state index in [1.165, 1.54) is 21.8 Å². The van der Waals surface area contributed by atoms with E-state index in [9.17, 15) is 23.7 Å². The second-order valence-electron chi connectivity index (χ2n) is 10.3. The second kappa shape index (κ2) is 11.1. The molecule has 0 aromatic carbocycles. The summed E-state index contributed by atoms with van der Waals surface area (Å²) in [5.74, 6) is -0.152. The zero-order valence-corrected chi connectivity index (χ0v) is 24.5. The molecular weight excluding hydrogens is 649 g/mol. The van der Waals surface area contributed by atoms with Crippen molar-refractivity contribution in [2.75, 3.05) is 31.0 Å². The number of phosphoric acid groups is 1. The van der Waals surface area contributed by atoms with Crippen LogP contribution in [-0.4, -0.2) is 99.0 Å². The van der Waals surface area contributed by atoms with Gasteiger partial charge in [-0.3, -0.25) is 32.5 Å². The molecule has 0 saturated carbocycles. The number of hydrogen-bond donors (Lipinski definition) is 5. The van der Waals surface area contributed by atoms with E-state index >= 15 is 4.39 Å². The normalized spacial score (nSPS) is 36.3. The largest absolute Gasteiger partial charge is 0.472 e. The number of anilines is 2. The monoisotopic (exact) mass is 674 g/mol. The fourth-order valence-electron chi connectivity index (χ4n) is 5.35. The maximum atomic E-state index is 15.9. The summed E-state index contributed by atoms with van der Waals surface area (Å²) in [6.45, 7) is -1.37. The summed E-state index contributed by atoms with van der Waals surface area (Å²) >= 11 is 0. The van der Waals surface area contributed by atoms with Crippen LogP contribution in [0.15, 0.2) is 23.8 Å². The van der Waals surface area contributed by atoms with Gasteiger partial charge in [0, 0.05) is 6.42 Å². The van der Waals surface area contributed by atoms with Crippen molar-refractivity contribution in [1.82, 2.24) is 39.0 Å². The first kappa shape index (κ1) is 30.2. The smallest absolute Gasteiger partial charge is 0.382 e. The Kier molecular flexibility index (Phi) is 7.47. The van der Waals surface area contributed by atoms with Gasteiger partial charge in [0.05, 0.1) is 32.0 Å². The molecule has 0 radical (unpaired) electrons. The highest BCUT2D eigenvalue weighted by Crippen LogP contribution is 2.52. The van der Waals surface area contributed by atoms with Crippen molar-refractivity contribution < 1.29 is 51.1 Å². The predicted octanol–water partition coefficient (Wildman–Crippen LogP) is -0.293. The van der Waals surface area contributed by atoms with E-state index in [2.05, 4.69) is 29.9 Å². The first-order valence-electron chi connectivity index (χ1n) is 13.2. The number of nitrogens with one attached hydrogen (secondary N) is 1. The molecule has 4 aromatic rings. The quantitative estimate of drug-likeness (QED) is 0.171. The highest BCUT2D eigenvalue weighted by molar-refractivity contribution is 7.52. The number of hydrogen-bond acceptors (Lipinski definition) is 16. The van der Waals surface area contributed by atoms with Gasteiger partial charge in [-0.25, -0.2) is 28.9 Å². The Bertz CT molecular complexity index is 1920. The summed E-state index contributed by atoms with van der Waals surface area (Å²) in [6, 6.07) is 0. The maximum absolute atomic E-state index is 15.9. The van der Waals surface area contributed by atoms with Gasteiger partial charge >= 0.3 is 15.4 Å². The second-order valence-corrected chi connectivity index (χ2v) is 13.5. The number of H-pyrrole nitrogens is 1. The van der Waals surface area contributed by atoms with E-state index in [1.54, 1.807) is 0 Å². The van der Waals surface area contributed by atoms with Crippen LogP contribution in [0.4, 0.5) is 16.2 Å². The maximum Gasteiger partial charge on any atom is 0.472 e. The van der Waals surface area contributed by atoms with Crippen LogP contribution in [0.25, 0.3) is 22.3 Å². The topological polar surface area (TPSA) is 289 Å². The summed E-state index contributed by atoms with van der Waals surface area (Å²) < 4.78 is 77.5. The lowest BCUT2D eigenvalue weighted by Crippen LogP contribution is -2.34. The lowest BCUT2D eigenvalue weighted by atomic mass is 10.1. The molecular formula is C21H25FN10O11P2. The molecule has 9 atom stereocenters. The molecule has 3 fully saturated rings. The Balaban J connectivity index is 1.14. The van der Waals surface area contributed by atoms with E-state index < -0.39 is 83.6 Å². The van der Waals surface area contributed by atoms with Crippen molar-refractivity contribution >= 4 is 49.5 Å². The molecule has 3 aliphatic rings. The third-order valence-corrected chi connectivity index (χ3v) is 9.43. The van der Waals surface area contributed by atoms with Gasteiger partial charge < -0.3 is 40.0 Å². The van der Waals surface area contributed by atoms with E-state index in [4.69, 9.17) is 39.2 Å². The number of ether oxygens (including phenoxy) is 3. The molecule has 7 N–H and O–H groups in total. The fourth-order valence-corrected chi connectivity index (χ4v) is 7.14. The van der Waals surface area contributed by atoms with E-state index in [0.717, 1.165) is 6.33 Å². The SMILES string of the molecule is Nc1nc2c(ncn2[C@H]2CC3OCP(=O)(O)OC[C@H]4O[C@@H](n5cnc6c(N)ncnc65)C(F)C4OP(=O)(O)OC[C@H]3O2)c(=O)[nH]1. The van der Waals surface area contributed by atoms with Crippen molar-refractivity contribution in [3.63, 3.8) is 0 Å². The number of fused-ring (bicyclic) bond motifs is 4. The molecule has 7 rings (SSSR count). The van der Waals surface area contributed by atoms with E-state index in [0.29, 0.717) is 0 Å². The number of imidazole rings is 2. The van der Waals surface area contributed by atoms with Crippen molar-refractivity contribution in [3.8, 4) is 0 Å². The van der Waals surface area contributed by atoms with Crippen molar-refractivity contribution in [2.45, 2.75) is 49.5 Å². The van der Waals surface area contributed by atoms with Crippen LogP contribution in [0.2, 0.25) is 0 Å². The molecule has 7 heterocycles. The fraction of sp³-hybridized carbons (Fsp3) is 0.524. The molecule has 24 heteroatoms. The first-order valence-corrected chi connectivity index (χ1v) is 16.5. The summed E-state index contributed by atoms with van der Waals surface area (Å²) in [5.41, 5.74) is 11.2. The Labute approximate surface area is 249 Å². The van der Waals surface area contributed by atoms with Gasteiger partial charge in [0.1, 0.15) is 42.7 Å². The van der Waals surface area contributed by atoms with Gasteiger partial charge in [-0.15, -0.1) is 0 Å². The Hall–Kier alpha value is -3.43. The van der Waals surface area contributed by atoms with Crippen LogP contribution >= 0.6 is 15.4 Å². The average Bonchev–Trinajstić information content (AvgIpc) is 3.75. The Morgan fingerprint density at radius 3 is 2.53 bits per heavy atom. The minimum Gasteiger partial charge on any atom is -0.382 e. The number of alkyl halides is 1. The third kappa shape index (κ3) is 5.63. The Morgan fingerprint density at radius 2 is 1.71 bits per heavy atom. The number of rotatable bonds is 2. The zero-order chi connectivity index (χ0) is 31.7. The van der Waals surface area contributed by atoms with E-state index in [-0.39, 0.29) is 40.5 Å². The molecule has 0 amide bonds. The number of halogens is 1. The lowest BCUT2D eigenvalue weighted by Gasteiger charge is -2.23. The molecule has 0 aliphatic carbocycles. The number of aromatic amines is 1. The van der Waals surface area contributed by atoms with E-state index in [1.807, 2.05) is 0 Å². The lowest BCUT2D eigenvalue weighted by molar-refractivity contribution is -0.0578. The minimum absolute atomic E-state index is 0.0000150. The first-order chi connectivity index (χ1) is 21.4. The van der Waals surface area contributed by atoms with Crippen LogP contribution in [-0.2, 0) is 36.9 Å². The third-order valence-electron chi connectivity index (χ3n) is 7.42. The van der Waals surface area contributed by atoms with Crippen molar-refractivity contribution in [1.29, 1.82) is 0 Å². The number of phosphoric ester groups is 1. The van der Waals surface area contributed by atoms with Gasteiger partial charge in [-0.05, 0) is 0 Å².